The number of carbonyl (C=O) groups is 1. The maximum absolute atomic E-state index is 12.4. The molecule has 3 nitrogen and oxygen atoms in total. The Morgan fingerprint density at radius 1 is 1.26 bits per heavy atom. The van der Waals surface area contributed by atoms with Gasteiger partial charge in [-0.3, -0.25) is 4.79 Å². The quantitative estimate of drug-likeness (QED) is 0.774. The van der Waals surface area contributed by atoms with Crippen molar-refractivity contribution >= 4 is 17.5 Å². The standard InChI is InChI=1S/C15H20O3S/c1-17-12-3-4-13(15(10-12)18-2)14(16)9-11-5-7-19-8-6-11/h3-4,10-11H,5-9H2,1-2H3. The number of thioether (sulfide) groups is 1. The number of Topliss-reactive ketones (excluding diaryl/α,β-unsaturated/α-hetero) is 1. The number of hydrogen-bond donors (Lipinski definition) is 0. The number of ketones is 1. The minimum atomic E-state index is 0.177. The molecular formula is C15H20O3S. The van der Waals surface area contributed by atoms with Crippen LogP contribution in [0.5, 0.6) is 11.5 Å². The molecule has 1 aliphatic heterocycles. The predicted octanol–water partition coefficient (Wildman–Crippen LogP) is 3.42. The summed E-state index contributed by atoms with van der Waals surface area (Å²) < 4.78 is 10.4. The summed E-state index contributed by atoms with van der Waals surface area (Å²) in [6, 6.07) is 5.38. The molecule has 0 unspecified atom stereocenters. The third-order valence-electron chi connectivity index (χ3n) is 3.52. The Labute approximate surface area is 118 Å². The van der Waals surface area contributed by atoms with E-state index >= 15 is 0 Å². The number of benzene rings is 1. The van der Waals surface area contributed by atoms with Gasteiger partial charge >= 0.3 is 0 Å². The van der Waals surface area contributed by atoms with Crippen molar-refractivity contribution in [3.05, 3.63) is 23.8 Å². The molecule has 1 aliphatic rings. The second-order valence-electron chi connectivity index (χ2n) is 4.75. The molecule has 0 bridgehead atoms. The molecule has 0 N–H and O–H groups in total. The van der Waals surface area contributed by atoms with Gasteiger partial charge in [-0.1, -0.05) is 0 Å². The van der Waals surface area contributed by atoms with Crippen LogP contribution in [0.3, 0.4) is 0 Å². The number of carbonyl (C=O) groups excluding carboxylic acids is 1. The van der Waals surface area contributed by atoms with E-state index in [0.29, 0.717) is 29.4 Å². The molecule has 2 rings (SSSR count). The smallest absolute Gasteiger partial charge is 0.166 e. The first-order chi connectivity index (χ1) is 9.24. The van der Waals surface area contributed by atoms with E-state index in [1.54, 1.807) is 26.4 Å². The molecule has 1 saturated heterocycles. The molecule has 0 spiro atoms. The molecule has 0 atom stereocenters. The minimum Gasteiger partial charge on any atom is -0.497 e. The first kappa shape index (κ1) is 14.3. The van der Waals surface area contributed by atoms with Crippen LogP contribution in [0.15, 0.2) is 18.2 Å². The largest absolute Gasteiger partial charge is 0.497 e. The van der Waals surface area contributed by atoms with E-state index in [-0.39, 0.29) is 5.78 Å². The highest BCUT2D eigenvalue weighted by Gasteiger charge is 2.20. The summed E-state index contributed by atoms with van der Waals surface area (Å²) >= 11 is 1.98. The van der Waals surface area contributed by atoms with Crippen molar-refractivity contribution in [3.63, 3.8) is 0 Å². The van der Waals surface area contributed by atoms with Gasteiger partial charge in [0.05, 0.1) is 19.8 Å². The van der Waals surface area contributed by atoms with Gasteiger partial charge in [0.15, 0.2) is 5.78 Å². The van der Waals surface area contributed by atoms with Gasteiger partial charge in [-0.05, 0) is 42.4 Å². The Morgan fingerprint density at radius 3 is 2.63 bits per heavy atom. The zero-order valence-corrected chi connectivity index (χ0v) is 12.3. The van der Waals surface area contributed by atoms with E-state index in [1.165, 1.54) is 11.5 Å². The summed E-state index contributed by atoms with van der Waals surface area (Å²) in [6.07, 6.45) is 2.92. The highest BCUT2D eigenvalue weighted by molar-refractivity contribution is 7.99. The lowest BCUT2D eigenvalue weighted by atomic mass is 9.93. The van der Waals surface area contributed by atoms with Gasteiger partial charge < -0.3 is 9.47 Å². The molecule has 0 aliphatic carbocycles. The highest BCUT2D eigenvalue weighted by Crippen LogP contribution is 2.30. The topological polar surface area (TPSA) is 35.5 Å². The molecule has 0 radical (unpaired) electrons. The fourth-order valence-electron chi connectivity index (χ4n) is 2.35. The molecule has 1 aromatic carbocycles. The molecule has 104 valence electrons. The van der Waals surface area contributed by atoms with Crippen LogP contribution in [-0.4, -0.2) is 31.5 Å². The van der Waals surface area contributed by atoms with Gasteiger partial charge in [0.1, 0.15) is 11.5 Å². The van der Waals surface area contributed by atoms with Crippen molar-refractivity contribution in [2.45, 2.75) is 19.3 Å². The third kappa shape index (κ3) is 3.66. The number of hydrogen-bond acceptors (Lipinski definition) is 4. The summed E-state index contributed by atoms with van der Waals surface area (Å²) in [5.41, 5.74) is 0.668. The van der Waals surface area contributed by atoms with Gasteiger partial charge in [0.2, 0.25) is 0 Å². The molecule has 0 saturated carbocycles. The van der Waals surface area contributed by atoms with E-state index < -0.39 is 0 Å². The fraction of sp³-hybridized carbons (Fsp3) is 0.533. The zero-order chi connectivity index (χ0) is 13.7. The van der Waals surface area contributed by atoms with Crippen molar-refractivity contribution in [2.24, 2.45) is 5.92 Å². The second kappa shape index (κ2) is 6.85. The van der Waals surface area contributed by atoms with Crippen LogP contribution in [0, 0.1) is 5.92 Å². The zero-order valence-electron chi connectivity index (χ0n) is 11.5. The summed E-state index contributed by atoms with van der Waals surface area (Å²) in [5.74, 6) is 4.38. The Bertz CT molecular complexity index is 439. The van der Waals surface area contributed by atoms with Crippen molar-refractivity contribution in [1.82, 2.24) is 0 Å². The SMILES string of the molecule is COc1ccc(C(=O)CC2CCSCC2)c(OC)c1. The predicted molar refractivity (Wildman–Crippen MR) is 78.5 cm³/mol. The van der Waals surface area contributed by atoms with E-state index in [2.05, 4.69) is 0 Å². The van der Waals surface area contributed by atoms with Gasteiger partial charge in [-0.2, -0.15) is 11.8 Å². The Hall–Kier alpha value is -1.16. The van der Waals surface area contributed by atoms with E-state index in [1.807, 2.05) is 17.8 Å². The van der Waals surface area contributed by atoms with Crippen LogP contribution in [0.4, 0.5) is 0 Å². The Balaban J connectivity index is 2.09. The average Bonchev–Trinajstić information content (AvgIpc) is 2.47. The summed E-state index contributed by atoms with van der Waals surface area (Å²) in [5, 5.41) is 0. The van der Waals surface area contributed by atoms with Gasteiger partial charge in [0, 0.05) is 12.5 Å². The van der Waals surface area contributed by atoms with Crippen molar-refractivity contribution in [1.29, 1.82) is 0 Å². The van der Waals surface area contributed by atoms with Crippen LogP contribution in [-0.2, 0) is 0 Å². The number of ether oxygens (including phenoxy) is 2. The highest BCUT2D eigenvalue weighted by atomic mass is 32.2. The van der Waals surface area contributed by atoms with Crippen LogP contribution >= 0.6 is 11.8 Å². The fourth-order valence-corrected chi connectivity index (χ4v) is 3.56. The first-order valence-electron chi connectivity index (χ1n) is 6.57. The lowest BCUT2D eigenvalue weighted by Crippen LogP contribution is -2.15. The van der Waals surface area contributed by atoms with Crippen LogP contribution in [0.1, 0.15) is 29.6 Å². The molecule has 1 heterocycles. The molecule has 0 amide bonds. The maximum Gasteiger partial charge on any atom is 0.166 e. The van der Waals surface area contributed by atoms with E-state index in [9.17, 15) is 4.79 Å². The number of rotatable bonds is 5. The minimum absolute atomic E-state index is 0.177. The monoisotopic (exact) mass is 280 g/mol. The molecule has 4 heteroatoms. The van der Waals surface area contributed by atoms with Crippen molar-refractivity contribution < 1.29 is 14.3 Å². The van der Waals surface area contributed by atoms with Gasteiger partial charge in [-0.25, -0.2) is 0 Å². The number of methoxy groups -OCH3 is 2. The Kier molecular flexibility index (Phi) is 5.14. The van der Waals surface area contributed by atoms with Gasteiger partial charge in [-0.15, -0.1) is 0 Å². The average molecular weight is 280 g/mol. The Morgan fingerprint density at radius 2 is 2.00 bits per heavy atom. The van der Waals surface area contributed by atoms with E-state index in [0.717, 1.165) is 12.8 Å². The van der Waals surface area contributed by atoms with Crippen LogP contribution < -0.4 is 9.47 Å². The molecular weight excluding hydrogens is 260 g/mol. The maximum atomic E-state index is 12.4. The third-order valence-corrected chi connectivity index (χ3v) is 4.57. The van der Waals surface area contributed by atoms with Gasteiger partial charge in [0.25, 0.3) is 0 Å². The second-order valence-corrected chi connectivity index (χ2v) is 5.97. The van der Waals surface area contributed by atoms with E-state index in [4.69, 9.17) is 9.47 Å². The lowest BCUT2D eigenvalue weighted by molar-refractivity contribution is 0.0955. The molecule has 19 heavy (non-hydrogen) atoms. The molecule has 1 aromatic rings. The van der Waals surface area contributed by atoms with Crippen LogP contribution in [0.2, 0.25) is 0 Å². The summed E-state index contributed by atoms with van der Waals surface area (Å²) in [7, 11) is 3.19. The van der Waals surface area contributed by atoms with Crippen molar-refractivity contribution in [3.8, 4) is 11.5 Å². The first-order valence-corrected chi connectivity index (χ1v) is 7.73. The van der Waals surface area contributed by atoms with Crippen LogP contribution in [0.25, 0.3) is 0 Å². The molecule has 0 aromatic heterocycles. The summed E-state index contributed by atoms with van der Waals surface area (Å²) in [6.45, 7) is 0. The summed E-state index contributed by atoms with van der Waals surface area (Å²) in [4.78, 5) is 12.4. The lowest BCUT2D eigenvalue weighted by Gasteiger charge is -2.20. The molecule has 1 fully saturated rings. The normalized spacial score (nSPS) is 16.1. The van der Waals surface area contributed by atoms with Crippen molar-refractivity contribution in [2.75, 3.05) is 25.7 Å².